The van der Waals surface area contributed by atoms with Crippen LogP contribution in [0.25, 0.3) is 0 Å². The molecule has 0 saturated heterocycles. The highest BCUT2D eigenvalue weighted by Gasteiger charge is 2.57. The highest BCUT2D eigenvalue weighted by molar-refractivity contribution is 9.10. The number of methoxy groups -OCH3 is 2. The molecule has 0 N–H and O–H groups in total. The van der Waals surface area contributed by atoms with E-state index in [4.69, 9.17) is 9.47 Å². The Balaban J connectivity index is 2.18. The fourth-order valence-electron chi connectivity index (χ4n) is 3.53. The number of hydrogen-bond donors (Lipinski definition) is 0. The summed E-state index contributed by atoms with van der Waals surface area (Å²) in [6.07, 6.45) is 0.231. The van der Waals surface area contributed by atoms with E-state index in [1.165, 1.54) is 19.1 Å². The van der Waals surface area contributed by atoms with E-state index in [0.717, 1.165) is 12.1 Å². The van der Waals surface area contributed by atoms with Crippen molar-refractivity contribution in [1.82, 2.24) is 4.90 Å². The zero-order valence-electron chi connectivity index (χ0n) is 15.2. The monoisotopic (exact) mass is 449 g/mol. The van der Waals surface area contributed by atoms with Gasteiger partial charge in [-0.3, -0.25) is 4.79 Å². The lowest BCUT2D eigenvalue weighted by atomic mass is 9.86. The number of carbonyl (C=O) groups is 3. The quantitative estimate of drug-likeness (QED) is 0.500. The van der Waals surface area contributed by atoms with Crippen LogP contribution in [0.2, 0.25) is 0 Å². The van der Waals surface area contributed by atoms with Gasteiger partial charge in [0.1, 0.15) is 17.9 Å². The Bertz CT molecular complexity index is 946. The minimum absolute atomic E-state index is 0.0210. The van der Waals surface area contributed by atoms with Gasteiger partial charge in [0.05, 0.1) is 14.2 Å². The van der Waals surface area contributed by atoms with E-state index in [1.807, 2.05) is 0 Å². The molecule has 146 valence electrons. The molecule has 0 radical (unpaired) electrons. The molecule has 28 heavy (non-hydrogen) atoms. The average Bonchev–Trinajstić information content (AvgIpc) is 2.91. The number of halogens is 2. The largest absolute Gasteiger partial charge is 0.497 e. The van der Waals surface area contributed by atoms with Gasteiger partial charge in [0.15, 0.2) is 5.54 Å². The van der Waals surface area contributed by atoms with Crippen LogP contribution in [0.5, 0.6) is 5.75 Å². The van der Waals surface area contributed by atoms with E-state index < -0.39 is 23.2 Å². The summed E-state index contributed by atoms with van der Waals surface area (Å²) in [6.45, 7) is 0.0223. The van der Waals surface area contributed by atoms with Crippen LogP contribution in [0.1, 0.15) is 27.9 Å². The lowest BCUT2D eigenvalue weighted by Crippen LogP contribution is -2.50. The summed E-state index contributed by atoms with van der Waals surface area (Å²) in [7, 11) is 2.72. The minimum atomic E-state index is -1.69. The molecule has 1 aliphatic rings. The van der Waals surface area contributed by atoms with Gasteiger partial charge in [0, 0.05) is 28.6 Å². The summed E-state index contributed by atoms with van der Waals surface area (Å²) in [5, 5.41) is 0. The maximum absolute atomic E-state index is 14.0. The second kappa shape index (κ2) is 7.71. The zero-order valence-corrected chi connectivity index (χ0v) is 16.8. The molecule has 1 heterocycles. The molecule has 6 nitrogen and oxygen atoms in total. The Hall–Kier alpha value is -2.74. The Kier molecular flexibility index (Phi) is 5.51. The Morgan fingerprint density at radius 3 is 2.50 bits per heavy atom. The molecule has 3 rings (SSSR count). The summed E-state index contributed by atoms with van der Waals surface area (Å²) < 4.78 is 24.3. The van der Waals surface area contributed by atoms with Gasteiger partial charge < -0.3 is 19.2 Å². The third-order valence-electron chi connectivity index (χ3n) is 4.81. The Morgan fingerprint density at radius 2 is 1.93 bits per heavy atom. The summed E-state index contributed by atoms with van der Waals surface area (Å²) >= 11 is 3.24. The second-order valence-corrected chi connectivity index (χ2v) is 7.13. The van der Waals surface area contributed by atoms with Crippen LogP contribution in [0, 0.1) is 5.82 Å². The summed E-state index contributed by atoms with van der Waals surface area (Å²) in [4.78, 5) is 38.8. The SMILES string of the molecule is COC(=O)[C@@]1(CC=O)c2c(Br)cc(F)cc2C(=O)N1Cc1ccc(OC)cc1. The summed E-state index contributed by atoms with van der Waals surface area (Å²) in [6, 6.07) is 9.15. The highest BCUT2D eigenvalue weighted by Crippen LogP contribution is 2.47. The molecular formula is C20H17BrFNO5. The van der Waals surface area contributed by atoms with Gasteiger partial charge in [-0.25, -0.2) is 9.18 Å². The van der Waals surface area contributed by atoms with Crippen LogP contribution < -0.4 is 4.74 Å². The molecule has 8 heteroatoms. The fraction of sp³-hybridized carbons (Fsp3) is 0.250. The molecule has 0 aromatic heterocycles. The highest BCUT2D eigenvalue weighted by atomic mass is 79.9. The first kappa shape index (κ1) is 20.0. The molecule has 0 saturated carbocycles. The average molecular weight is 450 g/mol. The van der Waals surface area contributed by atoms with Crippen LogP contribution in [-0.4, -0.2) is 37.3 Å². The van der Waals surface area contributed by atoms with Crippen molar-refractivity contribution in [3.05, 3.63) is 63.4 Å². The van der Waals surface area contributed by atoms with Crippen LogP contribution in [0.15, 0.2) is 40.9 Å². The molecule has 0 aliphatic carbocycles. The van der Waals surface area contributed by atoms with Gasteiger partial charge in [0.2, 0.25) is 0 Å². The van der Waals surface area contributed by atoms with Crippen molar-refractivity contribution in [3.63, 3.8) is 0 Å². The van der Waals surface area contributed by atoms with Gasteiger partial charge in [-0.05, 0) is 29.8 Å². The van der Waals surface area contributed by atoms with Crippen molar-refractivity contribution in [2.75, 3.05) is 14.2 Å². The molecule has 2 aromatic rings. The first-order chi connectivity index (χ1) is 13.4. The van der Waals surface area contributed by atoms with Crippen LogP contribution in [0.3, 0.4) is 0 Å². The van der Waals surface area contributed by atoms with E-state index in [0.29, 0.717) is 17.6 Å². The number of nitrogens with zero attached hydrogens (tertiary/aromatic N) is 1. The molecule has 1 amide bonds. The van der Waals surface area contributed by atoms with Crippen LogP contribution in [0.4, 0.5) is 4.39 Å². The van der Waals surface area contributed by atoms with E-state index in [2.05, 4.69) is 15.9 Å². The first-order valence-corrected chi connectivity index (χ1v) is 9.14. The molecule has 0 unspecified atom stereocenters. The van der Waals surface area contributed by atoms with Crippen molar-refractivity contribution in [2.24, 2.45) is 0 Å². The lowest BCUT2D eigenvalue weighted by molar-refractivity contribution is -0.155. The van der Waals surface area contributed by atoms with Crippen LogP contribution >= 0.6 is 15.9 Å². The van der Waals surface area contributed by atoms with E-state index in [1.54, 1.807) is 24.3 Å². The van der Waals surface area contributed by atoms with Crippen LogP contribution in [-0.2, 0) is 26.4 Å². The van der Waals surface area contributed by atoms with Gasteiger partial charge in [-0.15, -0.1) is 0 Å². The van der Waals surface area contributed by atoms with Gasteiger partial charge in [-0.1, -0.05) is 28.1 Å². The predicted molar refractivity (Wildman–Crippen MR) is 101 cm³/mol. The number of rotatable bonds is 6. The number of carbonyl (C=O) groups excluding carboxylic acids is 3. The summed E-state index contributed by atoms with van der Waals surface area (Å²) in [5.41, 5.74) is -0.730. The molecule has 1 aliphatic heterocycles. The lowest BCUT2D eigenvalue weighted by Gasteiger charge is -2.35. The van der Waals surface area contributed by atoms with Gasteiger partial charge >= 0.3 is 5.97 Å². The number of fused-ring (bicyclic) bond motifs is 1. The zero-order chi connectivity index (χ0) is 20.5. The van der Waals surface area contributed by atoms with E-state index in [9.17, 15) is 18.8 Å². The van der Waals surface area contributed by atoms with Gasteiger partial charge in [0.25, 0.3) is 5.91 Å². The maximum atomic E-state index is 14.0. The molecule has 1 atom stereocenters. The fourth-order valence-corrected chi connectivity index (χ4v) is 4.29. The summed E-state index contributed by atoms with van der Waals surface area (Å²) in [5.74, 6) is -1.32. The molecule has 0 fully saturated rings. The van der Waals surface area contributed by atoms with Crippen molar-refractivity contribution in [2.45, 2.75) is 18.5 Å². The van der Waals surface area contributed by atoms with E-state index >= 15 is 0 Å². The van der Waals surface area contributed by atoms with Crippen molar-refractivity contribution in [1.29, 1.82) is 0 Å². The number of benzene rings is 2. The molecular weight excluding hydrogens is 433 g/mol. The number of amides is 1. The standard InChI is InChI=1S/C20H17BrFNO5/c1-27-14-5-3-12(4-6-14)11-23-18(25)15-9-13(22)10-16(21)17(15)20(23,7-8-24)19(26)28-2/h3-6,8-10H,7,11H2,1-2H3/t20-/m1/s1. The number of ether oxygens (including phenoxy) is 2. The molecule has 2 aromatic carbocycles. The van der Waals surface area contributed by atoms with Crippen molar-refractivity contribution < 1.29 is 28.2 Å². The minimum Gasteiger partial charge on any atom is -0.497 e. The molecule has 0 bridgehead atoms. The smallest absolute Gasteiger partial charge is 0.337 e. The van der Waals surface area contributed by atoms with Gasteiger partial charge in [-0.2, -0.15) is 0 Å². The number of hydrogen-bond acceptors (Lipinski definition) is 5. The third-order valence-corrected chi connectivity index (χ3v) is 5.43. The van der Waals surface area contributed by atoms with E-state index in [-0.39, 0.29) is 28.6 Å². The second-order valence-electron chi connectivity index (χ2n) is 6.27. The molecule has 0 spiro atoms. The number of aldehydes is 1. The normalized spacial score (nSPS) is 18.0. The Morgan fingerprint density at radius 1 is 1.25 bits per heavy atom. The topological polar surface area (TPSA) is 72.9 Å². The first-order valence-electron chi connectivity index (χ1n) is 8.35. The maximum Gasteiger partial charge on any atom is 0.337 e. The van der Waals surface area contributed by atoms with Crippen molar-refractivity contribution in [3.8, 4) is 5.75 Å². The van der Waals surface area contributed by atoms with Crippen molar-refractivity contribution >= 4 is 34.1 Å². The predicted octanol–water partition coefficient (Wildman–Crippen LogP) is 3.21. The number of esters is 1. The Labute approximate surface area is 169 Å². The third kappa shape index (κ3) is 3.07.